The molecule has 1 aliphatic carbocycles. The minimum Gasteiger partial charge on any atom is -0.356 e. The summed E-state index contributed by atoms with van der Waals surface area (Å²) >= 11 is 0. The zero-order valence-corrected chi connectivity index (χ0v) is 16.1. The van der Waals surface area contributed by atoms with Crippen molar-refractivity contribution in [1.29, 1.82) is 0 Å². The lowest BCUT2D eigenvalue weighted by Crippen LogP contribution is -2.31. The Morgan fingerprint density at radius 3 is 2.54 bits per heavy atom. The minimum atomic E-state index is -0.279. The van der Waals surface area contributed by atoms with Gasteiger partial charge in [0.2, 0.25) is 5.91 Å². The molecule has 28 heavy (non-hydrogen) atoms. The highest BCUT2D eigenvalue weighted by Crippen LogP contribution is 2.32. The van der Waals surface area contributed by atoms with Gasteiger partial charge < -0.3 is 9.42 Å². The highest BCUT2D eigenvalue weighted by atomic mass is 19.1. The molecule has 1 saturated carbocycles. The van der Waals surface area contributed by atoms with E-state index in [0.29, 0.717) is 24.5 Å². The van der Waals surface area contributed by atoms with Crippen LogP contribution in [0.5, 0.6) is 0 Å². The first kappa shape index (κ1) is 18.4. The zero-order chi connectivity index (χ0) is 19.7. The molecule has 144 valence electrons. The number of benzene rings is 2. The van der Waals surface area contributed by atoms with Crippen LogP contribution < -0.4 is 0 Å². The third kappa shape index (κ3) is 4.14. The van der Waals surface area contributed by atoms with Crippen LogP contribution in [0.4, 0.5) is 4.39 Å². The molecule has 0 atom stereocenters. The Kier molecular flexibility index (Phi) is 4.99. The summed E-state index contributed by atoms with van der Waals surface area (Å²) in [6.07, 6.45) is 1.87. The van der Waals surface area contributed by atoms with E-state index in [1.165, 1.54) is 17.7 Å². The third-order valence-corrected chi connectivity index (χ3v) is 5.08. The van der Waals surface area contributed by atoms with Gasteiger partial charge in [0.15, 0.2) is 5.76 Å². The fraction of sp³-hybridized carbons (Fsp3) is 0.304. The lowest BCUT2D eigenvalue weighted by atomic mass is 10.0. The number of aryl methyl sites for hydroxylation is 2. The monoisotopic (exact) mass is 378 g/mol. The lowest BCUT2D eigenvalue weighted by molar-refractivity contribution is -0.133. The van der Waals surface area contributed by atoms with E-state index in [1.54, 1.807) is 17.0 Å². The van der Waals surface area contributed by atoms with Crippen molar-refractivity contribution in [2.75, 3.05) is 0 Å². The summed E-state index contributed by atoms with van der Waals surface area (Å²) in [5, 5.41) is 4.18. The Hall–Kier alpha value is -2.95. The van der Waals surface area contributed by atoms with E-state index >= 15 is 0 Å². The Morgan fingerprint density at radius 1 is 1.11 bits per heavy atom. The molecular formula is C23H23FN2O2. The Bertz CT molecular complexity index is 990. The molecule has 1 aromatic heterocycles. The molecule has 3 aromatic rings. The second kappa shape index (κ2) is 7.58. The van der Waals surface area contributed by atoms with E-state index < -0.39 is 0 Å². The van der Waals surface area contributed by atoms with Crippen LogP contribution in [0.2, 0.25) is 0 Å². The summed E-state index contributed by atoms with van der Waals surface area (Å²) < 4.78 is 18.7. The average molecular weight is 378 g/mol. The van der Waals surface area contributed by atoms with Crippen molar-refractivity contribution in [2.24, 2.45) is 5.92 Å². The SMILES string of the molecule is Cc1ccc(-c2cc(CN(Cc3ccc(F)cc3)C(=O)C3CC3)no2)c(C)c1. The molecule has 0 aliphatic heterocycles. The van der Waals surface area contributed by atoms with Crippen LogP contribution in [0.25, 0.3) is 11.3 Å². The molecular weight excluding hydrogens is 355 g/mol. The van der Waals surface area contributed by atoms with E-state index in [-0.39, 0.29) is 17.6 Å². The van der Waals surface area contributed by atoms with Crippen molar-refractivity contribution in [1.82, 2.24) is 10.1 Å². The van der Waals surface area contributed by atoms with Gasteiger partial charge in [-0.05, 0) is 49.9 Å². The molecule has 5 heteroatoms. The number of rotatable bonds is 6. The number of nitrogens with zero attached hydrogens (tertiary/aromatic N) is 2. The summed E-state index contributed by atoms with van der Waals surface area (Å²) in [5.41, 5.74) is 4.93. The van der Waals surface area contributed by atoms with Gasteiger partial charge in [-0.1, -0.05) is 41.1 Å². The lowest BCUT2D eigenvalue weighted by Gasteiger charge is -2.21. The van der Waals surface area contributed by atoms with E-state index in [0.717, 1.165) is 29.5 Å². The predicted molar refractivity (Wildman–Crippen MR) is 105 cm³/mol. The topological polar surface area (TPSA) is 46.3 Å². The molecule has 1 aliphatic rings. The van der Waals surface area contributed by atoms with Crippen molar-refractivity contribution in [3.63, 3.8) is 0 Å². The molecule has 0 radical (unpaired) electrons. The quantitative estimate of drug-likeness (QED) is 0.604. The van der Waals surface area contributed by atoms with E-state index in [1.807, 2.05) is 25.1 Å². The largest absolute Gasteiger partial charge is 0.356 e. The van der Waals surface area contributed by atoms with Crippen LogP contribution in [0.3, 0.4) is 0 Å². The van der Waals surface area contributed by atoms with Crippen molar-refractivity contribution in [2.45, 2.75) is 39.8 Å². The summed E-state index contributed by atoms with van der Waals surface area (Å²) in [5.74, 6) is 0.651. The van der Waals surface area contributed by atoms with Crippen LogP contribution in [-0.2, 0) is 17.9 Å². The fourth-order valence-corrected chi connectivity index (χ4v) is 3.41. The van der Waals surface area contributed by atoms with Crippen LogP contribution in [0.15, 0.2) is 53.1 Å². The minimum absolute atomic E-state index is 0.103. The standard InChI is InChI=1S/C23H23FN2O2/c1-15-3-10-21(16(2)11-15)22-12-20(25-28-22)14-26(23(27)18-6-7-18)13-17-4-8-19(24)9-5-17/h3-5,8-12,18H,6-7,13-14H2,1-2H3. The number of hydrogen-bond donors (Lipinski definition) is 0. The van der Waals surface area contributed by atoms with Crippen molar-refractivity contribution in [3.8, 4) is 11.3 Å². The molecule has 0 N–H and O–H groups in total. The molecule has 4 rings (SSSR count). The molecule has 0 spiro atoms. The van der Waals surface area contributed by atoms with Gasteiger partial charge >= 0.3 is 0 Å². The second-order valence-electron chi connectivity index (χ2n) is 7.60. The Balaban J connectivity index is 1.54. The first-order chi connectivity index (χ1) is 13.5. The molecule has 0 unspecified atom stereocenters. The zero-order valence-electron chi connectivity index (χ0n) is 16.1. The summed E-state index contributed by atoms with van der Waals surface area (Å²) in [6, 6.07) is 14.3. The third-order valence-electron chi connectivity index (χ3n) is 5.08. The average Bonchev–Trinajstić information content (AvgIpc) is 3.42. The summed E-state index contributed by atoms with van der Waals surface area (Å²) in [7, 11) is 0. The van der Waals surface area contributed by atoms with Crippen LogP contribution in [0, 0.1) is 25.6 Å². The Morgan fingerprint density at radius 2 is 1.86 bits per heavy atom. The highest BCUT2D eigenvalue weighted by Gasteiger charge is 2.33. The highest BCUT2D eigenvalue weighted by molar-refractivity contribution is 5.81. The van der Waals surface area contributed by atoms with Gasteiger partial charge in [-0.25, -0.2) is 4.39 Å². The fourth-order valence-electron chi connectivity index (χ4n) is 3.41. The number of hydrogen-bond acceptors (Lipinski definition) is 3. The molecule has 4 nitrogen and oxygen atoms in total. The first-order valence-electron chi connectivity index (χ1n) is 9.56. The molecule has 1 amide bonds. The number of carbonyl (C=O) groups excluding carboxylic acids is 1. The number of halogens is 1. The van der Waals surface area contributed by atoms with E-state index in [4.69, 9.17) is 4.52 Å². The maximum absolute atomic E-state index is 13.2. The van der Waals surface area contributed by atoms with Gasteiger partial charge in [-0.3, -0.25) is 4.79 Å². The molecule has 2 aromatic carbocycles. The van der Waals surface area contributed by atoms with E-state index in [9.17, 15) is 9.18 Å². The van der Waals surface area contributed by atoms with Crippen molar-refractivity contribution < 1.29 is 13.7 Å². The summed E-state index contributed by atoms with van der Waals surface area (Å²) in [4.78, 5) is 14.5. The van der Waals surface area contributed by atoms with Crippen LogP contribution in [0.1, 0.15) is 35.2 Å². The predicted octanol–water partition coefficient (Wildman–Crippen LogP) is 5.04. The summed E-state index contributed by atoms with van der Waals surface area (Å²) in [6.45, 7) is 4.91. The van der Waals surface area contributed by atoms with Crippen LogP contribution in [-0.4, -0.2) is 16.0 Å². The number of carbonyl (C=O) groups is 1. The van der Waals surface area contributed by atoms with Crippen molar-refractivity contribution in [3.05, 3.63) is 76.7 Å². The molecule has 1 fully saturated rings. The second-order valence-corrected chi connectivity index (χ2v) is 7.60. The van der Waals surface area contributed by atoms with Crippen molar-refractivity contribution >= 4 is 5.91 Å². The van der Waals surface area contributed by atoms with Gasteiger partial charge in [0.25, 0.3) is 0 Å². The molecule has 0 saturated heterocycles. The van der Waals surface area contributed by atoms with Gasteiger partial charge in [-0.15, -0.1) is 0 Å². The maximum atomic E-state index is 13.2. The molecule has 0 bridgehead atoms. The van der Waals surface area contributed by atoms with Gasteiger partial charge in [0, 0.05) is 24.1 Å². The van der Waals surface area contributed by atoms with Crippen LogP contribution >= 0.6 is 0 Å². The normalized spacial score (nSPS) is 13.5. The van der Waals surface area contributed by atoms with Gasteiger partial charge in [0.1, 0.15) is 11.5 Å². The first-order valence-corrected chi connectivity index (χ1v) is 9.56. The Labute approximate surface area is 164 Å². The molecule has 1 heterocycles. The maximum Gasteiger partial charge on any atom is 0.226 e. The van der Waals surface area contributed by atoms with E-state index in [2.05, 4.69) is 18.1 Å². The van der Waals surface area contributed by atoms with Gasteiger partial charge in [-0.2, -0.15) is 0 Å². The number of aromatic nitrogens is 1. The smallest absolute Gasteiger partial charge is 0.226 e. The van der Waals surface area contributed by atoms with Gasteiger partial charge in [0.05, 0.1) is 6.54 Å². The number of amides is 1.